The molecular formula is C20H44NiO4P2S4. The van der Waals surface area contributed by atoms with Gasteiger partial charge in [-0.1, -0.05) is 103 Å². The third-order valence-corrected chi connectivity index (χ3v) is 8.51. The summed E-state index contributed by atoms with van der Waals surface area (Å²) in [5, 5.41) is 0. The van der Waals surface area contributed by atoms with Crippen LogP contribution in [0.4, 0.5) is 0 Å². The summed E-state index contributed by atoms with van der Waals surface area (Å²) in [6, 6.07) is 0. The summed E-state index contributed by atoms with van der Waals surface area (Å²) in [7, 11) is 0. The van der Waals surface area contributed by atoms with Gasteiger partial charge in [0.1, 0.15) is 0 Å². The van der Waals surface area contributed by atoms with Crippen molar-refractivity contribution in [3.05, 3.63) is 0 Å². The molecule has 0 aliphatic carbocycles. The average molecular weight is 597 g/mol. The van der Waals surface area contributed by atoms with Gasteiger partial charge in [0, 0.05) is 0 Å². The Morgan fingerprint density at radius 2 is 0.677 bits per heavy atom. The average Bonchev–Trinajstić information content (AvgIpc) is 2.70. The fourth-order valence-corrected chi connectivity index (χ4v) is 5.54. The Balaban J connectivity index is -0.000000490. The molecule has 0 heterocycles. The van der Waals surface area contributed by atoms with Gasteiger partial charge in [0.2, 0.25) is 0 Å². The van der Waals surface area contributed by atoms with Gasteiger partial charge in [0.25, 0.3) is 0 Å². The van der Waals surface area contributed by atoms with E-state index in [9.17, 15) is 0 Å². The number of hydrogen-bond donors (Lipinski definition) is 0. The topological polar surface area (TPSA) is 36.9 Å². The first-order valence-corrected chi connectivity index (χ1v) is 18.7. The monoisotopic (exact) mass is 596 g/mol. The fourth-order valence-electron chi connectivity index (χ4n) is 2.19. The van der Waals surface area contributed by atoms with Crippen molar-refractivity contribution in [1.82, 2.24) is 0 Å². The van der Waals surface area contributed by atoms with E-state index in [2.05, 4.69) is 27.7 Å². The Morgan fingerprint density at radius 1 is 0.484 bits per heavy atom. The summed E-state index contributed by atoms with van der Waals surface area (Å²) < 4.78 is 21.7. The summed E-state index contributed by atoms with van der Waals surface area (Å²) in [4.78, 5) is 0. The van der Waals surface area contributed by atoms with E-state index in [-0.39, 0.29) is 16.5 Å². The number of hydrogen-bond acceptors (Lipinski definition) is 8. The van der Waals surface area contributed by atoms with Gasteiger partial charge < -0.3 is 42.6 Å². The first kappa shape index (κ1) is 37.9. The van der Waals surface area contributed by atoms with Gasteiger partial charge in [-0.3, -0.25) is 0 Å². The van der Waals surface area contributed by atoms with Gasteiger partial charge in [0.15, 0.2) is 0 Å². The first-order chi connectivity index (χ1) is 14.2. The third kappa shape index (κ3) is 32.3. The van der Waals surface area contributed by atoms with Gasteiger partial charge in [-0.05, 0) is 25.7 Å². The molecule has 0 unspecified atom stereocenters. The molecule has 0 aromatic carbocycles. The van der Waals surface area contributed by atoms with Gasteiger partial charge in [0.05, 0.1) is 37.8 Å². The first-order valence-electron chi connectivity index (χ1n) is 11.4. The molecule has 11 heteroatoms. The van der Waals surface area contributed by atoms with Crippen molar-refractivity contribution in [2.75, 3.05) is 26.4 Å². The van der Waals surface area contributed by atoms with Crippen LogP contribution in [-0.4, -0.2) is 26.4 Å². The van der Waals surface area contributed by atoms with Crippen LogP contribution in [0.2, 0.25) is 0 Å². The summed E-state index contributed by atoms with van der Waals surface area (Å²) in [6.07, 6.45) is 13.5. The maximum Gasteiger partial charge on any atom is 2.00 e. The number of unbranched alkanes of at least 4 members (excludes halogenated alkanes) is 8. The van der Waals surface area contributed by atoms with E-state index in [4.69, 9.17) is 66.2 Å². The van der Waals surface area contributed by atoms with E-state index < -0.39 is 11.4 Å². The van der Waals surface area contributed by atoms with E-state index in [0.29, 0.717) is 26.4 Å². The minimum absolute atomic E-state index is 0. The summed E-state index contributed by atoms with van der Waals surface area (Å²) in [5.41, 5.74) is -4.71. The van der Waals surface area contributed by atoms with Crippen molar-refractivity contribution in [1.29, 1.82) is 0 Å². The number of rotatable bonds is 20. The van der Waals surface area contributed by atoms with Gasteiger partial charge in [-0.15, -0.1) is 0 Å². The smallest absolute Gasteiger partial charge is 0.691 e. The Kier molecular flexibility index (Phi) is 32.9. The van der Waals surface area contributed by atoms with Crippen molar-refractivity contribution in [2.24, 2.45) is 0 Å². The predicted octanol–water partition coefficient (Wildman–Crippen LogP) is 8.34. The summed E-state index contributed by atoms with van der Waals surface area (Å²) in [5.74, 6) is 0. The van der Waals surface area contributed by atoms with Crippen LogP contribution in [0.3, 0.4) is 0 Å². The maximum atomic E-state index is 5.43. The zero-order valence-corrected chi connectivity index (χ0v) is 25.8. The van der Waals surface area contributed by atoms with E-state index >= 15 is 0 Å². The zero-order chi connectivity index (χ0) is 23.1. The van der Waals surface area contributed by atoms with Crippen LogP contribution in [0.5, 0.6) is 0 Å². The minimum Gasteiger partial charge on any atom is -0.691 e. The minimum atomic E-state index is -2.36. The van der Waals surface area contributed by atoms with Crippen molar-refractivity contribution >= 4 is 59.5 Å². The molecule has 0 atom stereocenters. The maximum absolute atomic E-state index is 5.43. The standard InChI is InChI=1S/2C10H23O2PS2.Ni/c2*1-3-5-7-9-11-13(14,15)12-10-8-6-4-2;/h2*3-10H2,1-2H3,(H,14,15);/q;;+2/p-2. The Bertz CT molecular complexity index is 391. The molecule has 0 aromatic heterocycles. The SMILES string of the molecule is CCCCCOP(=S)([S-])OCCCCC.CCCCCOP(=S)([S-])OCCCCC.[Ni+2]. The van der Waals surface area contributed by atoms with Crippen molar-refractivity contribution in [2.45, 2.75) is 105 Å². The quantitative estimate of drug-likeness (QED) is 0.0600. The van der Waals surface area contributed by atoms with Crippen LogP contribution in [0.25, 0.3) is 0 Å². The molecule has 0 spiro atoms. The van der Waals surface area contributed by atoms with Gasteiger partial charge in [-0.25, -0.2) is 0 Å². The van der Waals surface area contributed by atoms with Crippen molar-refractivity contribution in [3.63, 3.8) is 0 Å². The molecule has 0 saturated carbocycles. The van der Waals surface area contributed by atoms with E-state index in [1.807, 2.05) is 0 Å². The molecule has 4 nitrogen and oxygen atoms in total. The third-order valence-electron chi connectivity index (χ3n) is 3.99. The molecular weight excluding hydrogens is 553 g/mol. The molecule has 0 rings (SSSR count). The van der Waals surface area contributed by atoms with Gasteiger partial charge in [-0.2, -0.15) is 0 Å². The van der Waals surface area contributed by atoms with E-state index in [0.717, 1.165) is 25.7 Å². The Hall–Kier alpha value is 2.33. The second-order valence-electron chi connectivity index (χ2n) is 7.06. The second kappa shape index (κ2) is 26.9. The summed E-state index contributed by atoms with van der Waals surface area (Å²) in [6.45, 7) is 11.3. The molecule has 0 N–H and O–H groups in total. The molecule has 0 amide bonds. The molecule has 31 heavy (non-hydrogen) atoms. The fraction of sp³-hybridized carbons (Fsp3) is 1.00. The van der Waals surface area contributed by atoms with E-state index in [1.165, 1.54) is 51.4 Å². The molecule has 0 bridgehead atoms. The van der Waals surface area contributed by atoms with E-state index in [1.54, 1.807) is 0 Å². The molecule has 0 aromatic rings. The normalized spacial score (nSPS) is 11.5. The molecule has 0 aliphatic rings. The molecule has 0 aliphatic heterocycles. The van der Waals surface area contributed by atoms with Crippen LogP contribution in [0.1, 0.15) is 105 Å². The molecule has 0 saturated heterocycles. The van der Waals surface area contributed by atoms with Crippen LogP contribution >= 0.6 is 11.4 Å². The van der Waals surface area contributed by atoms with Crippen LogP contribution in [0, 0.1) is 0 Å². The van der Waals surface area contributed by atoms with Crippen LogP contribution < -0.4 is 0 Å². The predicted molar refractivity (Wildman–Crippen MR) is 145 cm³/mol. The molecule has 0 radical (unpaired) electrons. The van der Waals surface area contributed by atoms with Crippen LogP contribution in [-0.2, 0) is 82.7 Å². The zero-order valence-electron chi connectivity index (χ0n) is 19.8. The van der Waals surface area contributed by atoms with Crippen LogP contribution in [0.15, 0.2) is 0 Å². The Morgan fingerprint density at radius 3 is 0.839 bits per heavy atom. The van der Waals surface area contributed by atoms with Gasteiger partial charge >= 0.3 is 16.5 Å². The molecule has 192 valence electrons. The Labute approximate surface area is 224 Å². The summed E-state index contributed by atoms with van der Waals surface area (Å²) >= 11 is 20.5. The molecule has 0 fully saturated rings. The second-order valence-corrected chi connectivity index (χ2v) is 17.0. The van der Waals surface area contributed by atoms with Crippen molar-refractivity contribution < 1.29 is 34.6 Å². The van der Waals surface area contributed by atoms with Crippen molar-refractivity contribution in [3.8, 4) is 0 Å². The largest absolute Gasteiger partial charge is 2.00 e.